The minimum atomic E-state index is -0.990. The fraction of sp³-hybridized carbons (Fsp3) is 0.727. The zero-order valence-corrected chi connectivity index (χ0v) is 11.7. The van der Waals surface area contributed by atoms with Crippen LogP contribution in [0.1, 0.15) is 27.7 Å². The molecule has 98 valence electrons. The minimum Gasteiger partial charge on any atom is -0.467 e. The molecule has 0 aliphatic carbocycles. The summed E-state index contributed by atoms with van der Waals surface area (Å²) in [4.78, 5) is 23.5. The third kappa shape index (κ3) is 3.96. The summed E-state index contributed by atoms with van der Waals surface area (Å²) < 4.78 is 4.63. The molecule has 17 heavy (non-hydrogen) atoms. The first-order valence-electron chi connectivity index (χ1n) is 5.33. The smallest absolute Gasteiger partial charge is 0.328 e. The van der Waals surface area contributed by atoms with Crippen LogP contribution in [0.25, 0.3) is 0 Å². The van der Waals surface area contributed by atoms with Crippen LogP contribution in [-0.4, -0.2) is 30.0 Å². The number of methoxy groups -OCH3 is 1. The summed E-state index contributed by atoms with van der Waals surface area (Å²) in [6, 6.07) is -0.693. The van der Waals surface area contributed by atoms with E-state index in [0.29, 0.717) is 0 Å². The Morgan fingerprint density at radius 1 is 1.35 bits per heavy atom. The van der Waals surface area contributed by atoms with Gasteiger partial charge in [0.25, 0.3) is 0 Å². The van der Waals surface area contributed by atoms with Gasteiger partial charge < -0.3 is 15.8 Å². The zero-order chi connectivity index (χ0) is 13.8. The molecule has 0 radical (unpaired) electrons. The van der Waals surface area contributed by atoms with E-state index in [4.69, 9.17) is 18.0 Å². The molecule has 5 nitrogen and oxygen atoms in total. The highest BCUT2D eigenvalue weighted by molar-refractivity contribution is 7.80. The average Bonchev–Trinajstić information content (AvgIpc) is 2.23. The third-order valence-corrected chi connectivity index (χ3v) is 3.10. The molecule has 0 aromatic rings. The number of nitrogens with one attached hydrogen (secondary N) is 1. The van der Waals surface area contributed by atoms with Crippen molar-refractivity contribution >= 4 is 29.1 Å². The molecular weight excluding hydrogens is 240 g/mol. The number of esters is 1. The third-order valence-electron chi connectivity index (χ3n) is 2.59. The Hall–Kier alpha value is -1.17. The molecule has 1 atom stereocenters. The summed E-state index contributed by atoms with van der Waals surface area (Å²) >= 11 is 4.82. The summed E-state index contributed by atoms with van der Waals surface area (Å²) in [6.45, 7) is 6.85. The fourth-order valence-electron chi connectivity index (χ4n) is 1.06. The maximum Gasteiger partial charge on any atom is 0.328 e. The van der Waals surface area contributed by atoms with Gasteiger partial charge in [-0.3, -0.25) is 4.79 Å². The molecule has 0 aliphatic heterocycles. The molecular formula is C11H20N2O3S. The van der Waals surface area contributed by atoms with Crippen LogP contribution in [-0.2, 0) is 14.3 Å². The lowest BCUT2D eigenvalue weighted by molar-refractivity contribution is -0.147. The monoisotopic (exact) mass is 260 g/mol. The van der Waals surface area contributed by atoms with Gasteiger partial charge in [-0.25, -0.2) is 4.79 Å². The molecule has 0 aromatic carbocycles. The fourth-order valence-corrected chi connectivity index (χ4v) is 1.15. The van der Waals surface area contributed by atoms with Crippen LogP contribution in [0, 0.1) is 11.3 Å². The Labute approximate surface area is 107 Å². The van der Waals surface area contributed by atoms with Crippen molar-refractivity contribution in [3.8, 4) is 0 Å². The molecule has 0 fully saturated rings. The lowest BCUT2D eigenvalue weighted by Gasteiger charge is -2.26. The van der Waals surface area contributed by atoms with E-state index in [9.17, 15) is 9.59 Å². The van der Waals surface area contributed by atoms with E-state index in [1.54, 1.807) is 13.8 Å². The predicted octanol–water partition coefficient (Wildman–Crippen LogP) is 0.612. The summed E-state index contributed by atoms with van der Waals surface area (Å²) in [7, 11) is 1.28. The van der Waals surface area contributed by atoms with Crippen molar-refractivity contribution in [2.75, 3.05) is 7.11 Å². The van der Waals surface area contributed by atoms with Gasteiger partial charge in [-0.05, 0) is 19.8 Å². The Balaban J connectivity index is 4.85. The van der Waals surface area contributed by atoms with Gasteiger partial charge in [0.2, 0.25) is 5.91 Å². The predicted molar refractivity (Wildman–Crippen MR) is 69.4 cm³/mol. The lowest BCUT2D eigenvalue weighted by Crippen LogP contribution is -2.52. The van der Waals surface area contributed by atoms with Gasteiger partial charge in [0, 0.05) is 0 Å². The Morgan fingerprint density at radius 2 is 1.82 bits per heavy atom. The number of rotatable bonds is 5. The second-order valence-electron chi connectivity index (χ2n) is 4.71. The van der Waals surface area contributed by atoms with Crippen molar-refractivity contribution in [3.63, 3.8) is 0 Å². The summed E-state index contributed by atoms with van der Waals surface area (Å²) in [5.41, 5.74) is 4.50. The van der Waals surface area contributed by atoms with E-state index < -0.39 is 17.4 Å². The van der Waals surface area contributed by atoms with E-state index >= 15 is 0 Å². The number of amides is 1. The van der Waals surface area contributed by atoms with Crippen LogP contribution in [0.2, 0.25) is 0 Å². The van der Waals surface area contributed by atoms with Crippen molar-refractivity contribution in [2.24, 2.45) is 17.1 Å². The molecule has 0 saturated heterocycles. The van der Waals surface area contributed by atoms with Gasteiger partial charge in [0.05, 0.1) is 17.5 Å². The number of thiocarbonyl (C=S) groups is 1. The van der Waals surface area contributed by atoms with E-state index in [0.717, 1.165) is 0 Å². The second kappa shape index (κ2) is 5.95. The van der Waals surface area contributed by atoms with Crippen LogP contribution < -0.4 is 11.1 Å². The number of nitrogens with two attached hydrogens (primary N) is 1. The molecule has 0 rings (SSSR count). The van der Waals surface area contributed by atoms with E-state index in [1.165, 1.54) is 7.11 Å². The highest BCUT2D eigenvalue weighted by Crippen LogP contribution is 2.17. The number of hydrogen-bond donors (Lipinski definition) is 2. The average molecular weight is 260 g/mol. The summed E-state index contributed by atoms with van der Waals surface area (Å²) in [6.07, 6.45) is 0. The van der Waals surface area contributed by atoms with Crippen LogP contribution in [0.3, 0.4) is 0 Å². The van der Waals surface area contributed by atoms with Crippen LogP contribution in [0.4, 0.5) is 0 Å². The van der Waals surface area contributed by atoms with Crippen molar-refractivity contribution < 1.29 is 14.3 Å². The molecule has 3 N–H and O–H groups in total. The van der Waals surface area contributed by atoms with Crippen molar-refractivity contribution in [1.82, 2.24) is 5.32 Å². The number of carbonyl (C=O) groups is 2. The molecule has 0 spiro atoms. The molecule has 1 unspecified atom stereocenters. The van der Waals surface area contributed by atoms with Gasteiger partial charge >= 0.3 is 5.97 Å². The van der Waals surface area contributed by atoms with Gasteiger partial charge in [0.1, 0.15) is 6.04 Å². The number of hydrogen-bond acceptors (Lipinski definition) is 4. The first kappa shape index (κ1) is 15.8. The SMILES string of the molecule is COC(=O)C(NC(=O)C(C)(C)C(N)=S)C(C)C. The Morgan fingerprint density at radius 3 is 2.12 bits per heavy atom. The van der Waals surface area contributed by atoms with E-state index in [2.05, 4.69) is 10.1 Å². The van der Waals surface area contributed by atoms with E-state index in [-0.39, 0.29) is 16.8 Å². The van der Waals surface area contributed by atoms with E-state index in [1.807, 2.05) is 13.8 Å². The first-order valence-corrected chi connectivity index (χ1v) is 5.74. The molecule has 0 aromatic heterocycles. The van der Waals surface area contributed by atoms with Crippen molar-refractivity contribution in [1.29, 1.82) is 0 Å². The zero-order valence-electron chi connectivity index (χ0n) is 10.9. The van der Waals surface area contributed by atoms with Crippen LogP contribution in [0.15, 0.2) is 0 Å². The van der Waals surface area contributed by atoms with Gasteiger partial charge in [-0.1, -0.05) is 26.1 Å². The normalized spacial score (nSPS) is 13.1. The van der Waals surface area contributed by atoms with Crippen molar-refractivity contribution in [2.45, 2.75) is 33.7 Å². The van der Waals surface area contributed by atoms with Crippen molar-refractivity contribution in [3.05, 3.63) is 0 Å². The number of ether oxygens (including phenoxy) is 1. The lowest BCUT2D eigenvalue weighted by atomic mass is 9.91. The van der Waals surface area contributed by atoms with Crippen LogP contribution >= 0.6 is 12.2 Å². The Bertz CT molecular complexity index is 327. The number of carbonyl (C=O) groups excluding carboxylic acids is 2. The topological polar surface area (TPSA) is 81.4 Å². The summed E-state index contributed by atoms with van der Waals surface area (Å²) in [5, 5.41) is 2.61. The largest absolute Gasteiger partial charge is 0.467 e. The highest BCUT2D eigenvalue weighted by Gasteiger charge is 2.35. The Kier molecular flexibility index (Phi) is 5.54. The maximum absolute atomic E-state index is 12.0. The molecule has 1 amide bonds. The van der Waals surface area contributed by atoms with Gasteiger partial charge in [-0.15, -0.1) is 0 Å². The summed E-state index contributed by atoms with van der Waals surface area (Å²) in [5.74, 6) is -0.935. The molecule has 0 saturated carbocycles. The molecule has 0 heterocycles. The van der Waals surface area contributed by atoms with Gasteiger partial charge in [0.15, 0.2) is 0 Å². The van der Waals surface area contributed by atoms with Gasteiger partial charge in [-0.2, -0.15) is 0 Å². The quantitative estimate of drug-likeness (QED) is 0.559. The molecule has 0 bridgehead atoms. The molecule has 6 heteroatoms. The van der Waals surface area contributed by atoms with Crippen LogP contribution in [0.5, 0.6) is 0 Å². The maximum atomic E-state index is 12.0. The standard InChI is InChI=1S/C11H20N2O3S/c1-6(2)7(8(14)16-5)13-10(15)11(3,4)9(12)17/h6-7H,1-5H3,(H2,12,17)(H,13,15). The first-order chi connectivity index (χ1) is 7.64. The molecule has 0 aliphatic rings. The highest BCUT2D eigenvalue weighted by atomic mass is 32.1. The second-order valence-corrected chi connectivity index (χ2v) is 5.15. The minimum absolute atomic E-state index is 0.0754.